The fraction of sp³-hybridized carbons (Fsp3) is 0.333. The number of primary amides is 1. The summed E-state index contributed by atoms with van der Waals surface area (Å²) in [7, 11) is 1.79. The molecule has 0 radical (unpaired) electrons. The molecule has 128 valence electrons. The van der Waals surface area contributed by atoms with Crippen molar-refractivity contribution < 1.29 is 9.59 Å². The molecule has 0 atom stereocenters. The van der Waals surface area contributed by atoms with E-state index in [1.807, 2.05) is 18.2 Å². The highest BCUT2D eigenvalue weighted by molar-refractivity contribution is 7.99. The van der Waals surface area contributed by atoms with Crippen LogP contribution in [-0.4, -0.2) is 32.3 Å². The Morgan fingerprint density at radius 3 is 2.88 bits per heavy atom. The van der Waals surface area contributed by atoms with Crippen molar-refractivity contribution in [1.29, 1.82) is 0 Å². The molecule has 0 aliphatic rings. The maximum atomic E-state index is 11.9. The summed E-state index contributed by atoms with van der Waals surface area (Å²) in [4.78, 5) is 22.7. The number of amides is 2. The standard InChI is InChI=1S/C15H18ClN5O2S/c1-21-13(6-5-12(17)22)19-20-15(21)24-9-14(23)18-8-10-3-2-4-11(16)7-10/h2-4,7H,5-6,8-9H2,1H3,(H2,17,22)(H,18,23). The minimum atomic E-state index is -0.382. The second kappa shape index (κ2) is 8.70. The van der Waals surface area contributed by atoms with E-state index in [4.69, 9.17) is 17.3 Å². The summed E-state index contributed by atoms with van der Waals surface area (Å²) in [5.74, 6) is 0.396. The van der Waals surface area contributed by atoms with Crippen molar-refractivity contribution in [1.82, 2.24) is 20.1 Å². The quantitative estimate of drug-likeness (QED) is 0.684. The van der Waals surface area contributed by atoms with Gasteiger partial charge in [-0.1, -0.05) is 35.5 Å². The first-order chi connectivity index (χ1) is 11.5. The summed E-state index contributed by atoms with van der Waals surface area (Å²) in [5, 5.41) is 12.1. The lowest BCUT2D eigenvalue weighted by Crippen LogP contribution is -2.24. The maximum Gasteiger partial charge on any atom is 0.230 e. The average Bonchev–Trinajstić information content (AvgIpc) is 2.89. The minimum Gasteiger partial charge on any atom is -0.370 e. The third kappa shape index (κ3) is 5.54. The Morgan fingerprint density at radius 1 is 1.38 bits per heavy atom. The molecule has 0 unspecified atom stereocenters. The van der Waals surface area contributed by atoms with Gasteiger partial charge in [-0.3, -0.25) is 9.59 Å². The van der Waals surface area contributed by atoms with Crippen molar-refractivity contribution >= 4 is 35.2 Å². The van der Waals surface area contributed by atoms with Gasteiger partial charge in [0.1, 0.15) is 5.82 Å². The zero-order valence-electron chi connectivity index (χ0n) is 13.2. The van der Waals surface area contributed by atoms with Gasteiger partial charge in [-0.25, -0.2) is 0 Å². The summed E-state index contributed by atoms with van der Waals surface area (Å²) in [6, 6.07) is 7.33. The SMILES string of the molecule is Cn1c(CCC(N)=O)nnc1SCC(=O)NCc1cccc(Cl)c1. The largest absolute Gasteiger partial charge is 0.370 e. The van der Waals surface area contributed by atoms with Crippen LogP contribution in [0, 0.1) is 0 Å². The molecule has 2 aromatic rings. The first-order valence-corrected chi connectivity index (χ1v) is 8.62. The Balaban J connectivity index is 1.80. The van der Waals surface area contributed by atoms with Gasteiger partial charge in [-0.05, 0) is 17.7 Å². The van der Waals surface area contributed by atoms with Gasteiger partial charge < -0.3 is 15.6 Å². The van der Waals surface area contributed by atoms with E-state index in [2.05, 4.69) is 15.5 Å². The van der Waals surface area contributed by atoms with Crippen molar-refractivity contribution in [2.24, 2.45) is 12.8 Å². The lowest BCUT2D eigenvalue weighted by Gasteiger charge is -2.06. The number of thioether (sulfide) groups is 1. The Labute approximate surface area is 149 Å². The molecule has 0 spiro atoms. The summed E-state index contributed by atoms with van der Waals surface area (Å²) < 4.78 is 1.76. The average molecular weight is 368 g/mol. The number of nitrogens with zero attached hydrogens (tertiary/aromatic N) is 3. The maximum absolute atomic E-state index is 11.9. The minimum absolute atomic E-state index is 0.110. The van der Waals surface area contributed by atoms with Crippen LogP contribution in [0.4, 0.5) is 0 Å². The summed E-state index contributed by atoms with van der Waals surface area (Å²) in [5.41, 5.74) is 6.06. The van der Waals surface area contributed by atoms with E-state index < -0.39 is 0 Å². The molecule has 7 nitrogen and oxygen atoms in total. The molecule has 1 heterocycles. The van der Waals surface area contributed by atoms with Gasteiger partial charge in [-0.15, -0.1) is 10.2 Å². The van der Waals surface area contributed by atoms with Gasteiger partial charge in [0.25, 0.3) is 0 Å². The number of rotatable bonds is 8. The van der Waals surface area contributed by atoms with E-state index in [0.29, 0.717) is 29.0 Å². The summed E-state index contributed by atoms with van der Waals surface area (Å²) >= 11 is 7.19. The lowest BCUT2D eigenvalue weighted by molar-refractivity contribution is -0.119. The molecule has 3 N–H and O–H groups in total. The van der Waals surface area contributed by atoms with Gasteiger partial charge >= 0.3 is 0 Å². The van der Waals surface area contributed by atoms with E-state index in [-0.39, 0.29) is 24.0 Å². The highest BCUT2D eigenvalue weighted by Gasteiger charge is 2.12. The van der Waals surface area contributed by atoms with Gasteiger partial charge in [-0.2, -0.15) is 0 Å². The van der Waals surface area contributed by atoms with Crippen LogP contribution in [0.5, 0.6) is 0 Å². The zero-order chi connectivity index (χ0) is 17.5. The molecule has 1 aromatic heterocycles. The van der Waals surface area contributed by atoms with Crippen LogP contribution in [0.15, 0.2) is 29.4 Å². The van der Waals surface area contributed by atoms with Crippen molar-refractivity contribution in [2.75, 3.05) is 5.75 Å². The smallest absolute Gasteiger partial charge is 0.230 e. The molecular formula is C15H18ClN5O2S. The lowest BCUT2D eigenvalue weighted by atomic mass is 10.2. The Morgan fingerprint density at radius 2 is 2.17 bits per heavy atom. The number of carbonyl (C=O) groups is 2. The number of carbonyl (C=O) groups excluding carboxylic acids is 2. The molecule has 0 aliphatic heterocycles. The topological polar surface area (TPSA) is 103 Å². The predicted molar refractivity (Wildman–Crippen MR) is 92.5 cm³/mol. The molecule has 1 aromatic carbocycles. The second-order valence-corrected chi connectivity index (χ2v) is 6.50. The van der Waals surface area contributed by atoms with Crippen molar-refractivity contribution in [2.45, 2.75) is 24.5 Å². The van der Waals surface area contributed by atoms with Crippen LogP contribution < -0.4 is 11.1 Å². The highest BCUT2D eigenvalue weighted by Crippen LogP contribution is 2.16. The number of benzene rings is 1. The highest BCUT2D eigenvalue weighted by atomic mass is 35.5. The number of aryl methyl sites for hydroxylation is 1. The monoisotopic (exact) mass is 367 g/mol. The van der Waals surface area contributed by atoms with Crippen LogP contribution in [0.25, 0.3) is 0 Å². The fourth-order valence-corrected chi connectivity index (χ4v) is 2.92. The number of hydrogen-bond acceptors (Lipinski definition) is 5. The molecule has 0 bridgehead atoms. The number of nitrogens with one attached hydrogen (secondary N) is 1. The number of aromatic nitrogens is 3. The van der Waals surface area contributed by atoms with Gasteiger partial charge in [0.05, 0.1) is 5.75 Å². The van der Waals surface area contributed by atoms with Gasteiger partial charge in [0, 0.05) is 31.5 Å². The Hall–Kier alpha value is -2.06. The van der Waals surface area contributed by atoms with Crippen molar-refractivity contribution in [3.05, 3.63) is 40.7 Å². The van der Waals surface area contributed by atoms with Crippen LogP contribution >= 0.6 is 23.4 Å². The number of hydrogen-bond donors (Lipinski definition) is 2. The third-order valence-electron chi connectivity index (χ3n) is 3.23. The van der Waals surface area contributed by atoms with Crippen LogP contribution in [0.3, 0.4) is 0 Å². The Kier molecular flexibility index (Phi) is 6.62. The van der Waals surface area contributed by atoms with Crippen LogP contribution in [-0.2, 0) is 29.6 Å². The molecule has 0 saturated heterocycles. The first-order valence-electron chi connectivity index (χ1n) is 7.26. The van der Waals surface area contributed by atoms with Crippen molar-refractivity contribution in [3.63, 3.8) is 0 Å². The fourth-order valence-electron chi connectivity index (χ4n) is 1.95. The molecule has 0 saturated carbocycles. The molecule has 24 heavy (non-hydrogen) atoms. The molecule has 0 aliphatic carbocycles. The molecule has 9 heteroatoms. The predicted octanol–water partition coefficient (Wildman–Crippen LogP) is 1.29. The molecule has 0 fully saturated rings. The van der Waals surface area contributed by atoms with E-state index >= 15 is 0 Å². The Bertz CT molecular complexity index is 734. The molecule has 2 rings (SSSR count). The third-order valence-corrected chi connectivity index (χ3v) is 4.49. The summed E-state index contributed by atoms with van der Waals surface area (Å²) in [6.07, 6.45) is 0.650. The number of nitrogens with two attached hydrogens (primary N) is 1. The first kappa shape index (κ1) is 18.3. The normalized spacial score (nSPS) is 10.6. The summed E-state index contributed by atoms with van der Waals surface area (Å²) in [6.45, 7) is 0.419. The van der Waals surface area contributed by atoms with Crippen LogP contribution in [0.1, 0.15) is 17.8 Å². The second-order valence-electron chi connectivity index (χ2n) is 5.12. The van der Waals surface area contributed by atoms with Crippen molar-refractivity contribution in [3.8, 4) is 0 Å². The van der Waals surface area contributed by atoms with E-state index in [0.717, 1.165) is 5.56 Å². The molecule has 2 amide bonds. The zero-order valence-corrected chi connectivity index (χ0v) is 14.7. The van der Waals surface area contributed by atoms with Gasteiger partial charge in [0.15, 0.2) is 5.16 Å². The molecular weight excluding hydrogens is 350 g/mol. The van der Waals surface area contributed by atoms with E-state index in [9.17, 15) is 9.59 Å². The van der Waals surface area contributed by atoms with E-state index in [1.54, 1.807) is 17.7 Å². The number of halogens is 1. The van der Waals surface area contributed by atoms with E-state index in [1.165, 1.54) is 11.8 Å². The van der Waals surface area contributed by atoms with Gasteiger partial charge in [0.2, 0.25) is 11.8 Å². The van der Waals surface area contributed by atoms with Crippen LogP contribution in [0.2, 0.25) is 5.02 Å².